The minimum atomic E-state index is -0.212. The van der Waals surface area contributed by atoms with Crippen LogP contribution < -0.4 is 0 Å². The van der Waals surface area contributed by atoms with Crippen LogP contribution in [-0.4, -0.2) is 25.8 Å². The first-order valence-electron chi connectivity index (χ1n) is 3.93. The number of hydrogen-bond donors (Lipinski definition) is 0. The SMILES string of the molecule is CCOC1C=CC(OCC)O1. The van der Waals surface area contributed by atoms with Gasteiger partial charge < -0.3 is 14.2 Å². The van der Waals surface area contributed by atoms with Gasteiger partial charge in [0.15, 0.2) is 12.6 Å². The van der Waals surface area contributed by atoms with E-state index in [9.17, 15) is 0 Å². The van der Waals surface area contributed by atoms with E-state index >= 15 is 0 Å². The summed E-state index contributed by atoms with van der Waals surface area (Å²) < 4.78 is 15.7. The summed E-state index contributed by atoms with van der Waals surface area (Å²) in [4.78, 5) is 0. The van der Waals surface area contributed by atoms with Crippen LogP contribution in [0.25, 0.3) is 0 Å². The Bertz CT molecular complexity index is 119. The Kier molecular flexibility index (Phi) is 3.56. The van der Waals surface area contributed by atoms with Crippen molar-refractivity contribution in [2.24, 2.45) is 0 Å². The zero-order valence-corrected chi connectivity index (χ0v) is 6.95. The predicted molar refractivity (Wildman–Crippen MR) is 41.1 cm³/mol. The van der Waals surface area contributed by atoms with Gasteiger partial charge in [-0.3, -0.25) is 0 Å². The number of ether oxygens (including phenoxy) is 3. The van der Waals surface area contributed by atoms with Crippen LogP contribution in [0.15, 0.2) is 12.2 Å². The van der Waals surface area contributed by atoms with Gasteiger partial charge in [-0.15, -0.1) is 0 Å². The highest BCUT2D eigenvalue weighted by molar-refractivity contribution is 4.94. The van der Waals surface area contributed by atoms with E-state index in [1.165, 1.54) is 0 Å². The van der Waals surface area contributed by atoms with Crippen molar-refractivity contribution in [1.29, 1.82) is 0 Å². The molecule has 2 atom stereocenters. The van der Waals surface area contributed by atoms with Crippen LogP contribution in [0.3, 0.4) is 0 Å². The van der Waals surface area contributed by atoms with Crippen LogP contribution in [0.1, 0.15) is 13.8 Å². The standard InChI is InChI=1S/C8H14O3/c1-3-9-7-5-6-8(11-7)10-4-2/h5-8H,3-4H2,1-2H3. The molecule has 0 aliphatic carbocycles. The molecule has 0 aromatic carbocycles. The molecule has 64 valence electrons. The molecule has 3 nitrogen and oxygen atoms in total. The molecule has 3 heteroatoms. The summed E-state index contributed by atoms with van der Waals surface area (Å²) in [5.41, 5.74) is 0. The highest BCUT2D eigenvalue weighted by Gasteiger charge is 2.18. The smallest absolute Gasteiger partial charge is 0.180 e. The Morgan fingerprint density at radius 1 is 1.09 bits per heavy atom. The molecule has 1 aliphatic heterocycles. The molecule has 0 aromatic heterocycles. The fourth-order valence-corrected chi connectivity index (χ4v) is 0.923. The maximum Gasteiger partial charge on any atom is 0.180 e. The fourth-order valence-electron chi connectivity index (χ4n) is 0.923. The first kappa shape index (κ1) is 8.71. The van der Waals surface area contributed by atoms with Gasteiger partial charge >= 0.3 is 0 Å². The molecule has 0 saturated heterocycles. The van der Waals surface area contributed by atoms with E-state index in [-0.39, 0.29) is 12.6 Å². The molecule has 11 heavy (non-hydrogen) atoms. The molecule has 0 amide bonds. The molecule has 1 aliphatic rings. The summed E-state index contributed by atoms with van der Waals surface area (Å²) >= 11 is 0. The third-order valence-corrected chi connectivity index (χ3v) is 1.36. The van der Waals surface area contributed by atoms with Gasteiger partial charge in [-0.25, -0.2) is 0 Å². The van der Waals surface area contributed by atoms with Crippen LogP contribution in [0, 0.1) is 0 Å². The first-order valence-corrected chi connectivity index (χ1v) is 3.93. The lowest BCUT2D eigenvalue weighted by Gasteiger charge is -2.12. The Hall–Kier alpha value is -0.380. The summed E-state index contributed by atoms with van der Waals surface area (Å²) in [6.07, 6.45) is 3.31. The molecular formula is C8H14O3. The monoisotopic (exact) mass is 158 g/mol. The van der Waals surface area contributed by atoms with Gasteiger partial charge in [0, 0.05) is 13.2 Å². The Balaban J connectivity index is 2.19. The quantitative estimate of drug-likeness (QED) is 0.577. The van der Waals surface area contributed by atoms with Gasteiger partial charge in [-0.2, -0.15) is 0 Å². The molecule has 0 aromatic rings. The van der Waals surface area contributed by atoms with Crippen molar-refractivity contribution in [2.75, 3.05) is 13.2 Å². The lowest BCUT2D eigenvalue weighted by atomic mass is 10.5. The normalized spacial score (nSPS) is 29.6. The average Bonchev–Trinajstić information content (AvgIpc) is 2.38. The molecule has 0 bridgehead atoms. The van der Waals surface area contributed by atoms with Crippen molar-refractivity contribution in [3.8, 4) is 0 Å². The van der Waals surface area contributed by atoms with Gasteiger partial charge in [0.05, 0.1) is 0 Å². The molecule has 0 radical (unpaired) electrons. The van der Waals surface area contributed by atoms with Crippen molar-refractivity contribution in [3.63, 3.8) is 0 Å². The molecule has 0 N–H and O–H groups in total. The average molecular weight is 158 g/mol. The summed E-state index contributed by atoms with van der Waals surface area (Å²) in [6.45, 7) is 5.19. The topological polar surface area (TPSA) is 27.7 Å². The van der Waals surface area contributed by atoms with Gasteiger partial charge in [0.2, 0.25) is 0 Å². The van der Waals surface area contributed by atoms with Crippen LogP contribution >= 0.6 is 0 Å². The summed E-state index contributed by atoms with van der Waals surface area (Å²) in [7, 11) is 0. The van der Waals surface area contributed by atoms with E-state index in [1.807, 2.05) is 26.0 Å². The highest BCUT2D eigenvalue weighted by Crippen LogP contribution is 2.12. The molecule has 1 rings (SSSR count). The van der Waals surface area contributed by atoms with Gasteiger partial charge in [-0.05, 0) is 26.0 Å². The Morgan fingerprint density at radius 3 is 1.91 bits per heavy atom. The molecule has 0 saturated carbocycles. The maximum atomic E-state index is 5.29. The zero-order valence-electron chi connectivity index (χ0n) is 6.95. The lowest BCUT2D eigenvalue weighted by Crippen LogP contribution is -2.17. The third kappa shape index (κ3) is 2.61. The molecule has 0 spiro atoms. The molecular weight excluding hydrogens is 144 g/mol. The minimum Gasteiger partial charge on any atom is -0.349 e. The highest BCUT2D eigenvalue weighted by atomic mass is 16.8. The van der Waals surface area contributed by atoms with Crippen LogP contribution in [0.4, 0.5) is 0 Å². The first-order chi connectivity index (χ1) is 5.36. The second kappa shape index (κ2) is 4.49. The number of hydrogen-bond acceptors (Lipinski definition) is 3. The second-order valence-electron chi connectivity index (χ2n) is 2.17. The van der Waals surface area contributed by atoms with Crippen LogP contribution in [-0.2, 0) is 14.2 Å². The van der Waals surface area contributed by atoms with Crippen LogP contribution in [0.2, 0.25) is 0 Å². The molecule has 1 heterocycles. The summed E-state index contributed by atoms with van der Waals surface area (Å²) in [5.74, 6) is 0. The van der Waals surface area contributed by atoms with Crippen molar-refractivity contribution >= 4 is 0 Å². The molecule has 0 fully saturated rings. The predicted octanol–water partition coefficient (Wildman–Crippen LogP) is 1.30. The van der Waals surface area contributed by atoms with Crippen molar-refractivity contribution in [3.05, 3.63) is 12.2 Å². The lowest BCUT2D eigenvalue weighted by molar-refractivity contribution is -0.190. The summed E-state index contributed by atoms with van der Waals surface area (Å²) in [5, 5.41) is 0. The second-order valence-corrected chi connectivity index (χ2v) is 2.17. The zero-order chi connectivity index (χ0) is 8.10. The van der Waals surface area contributed by atoms with Gasteiger partial charge in [0.1, 0.15) is 0 Å². The molecule has 2 unspecified atom stereocenters. The van der Waals surface area contributed by atoms with Crippen LogP contribution in [0.5, 0.6) is 0 Å². The number of rotatable bonds is 4. The van der Waals surface area contributed by atoms with Crippen molar-refractivity contribution in [2.45, 2.75) is 26.4 Å². The maximum absolute atomic E-state index is 5.29. The van der Waals surface area contributed by atoms with E-state index in [2.05, 4.69) is 0 Å². The van der Waals surface area contributed by atoms with Crippen molar-refractivity contribution in [1.82, 2.24) is 0 Å². The Labute approximate surface area is 66.9 Å². The van der Waals surface area contributed by atoms with E-state index in [0.717, 1.165) is 0 Å². The Morgan fingerprint density at radius 2 is 1.55 bits per heavy atom. The van der Waals surface area contributed by atoms with Crippen molar-refractivity contribution < 1.29 is 14.2 Å². The fraction of sp³-hybridized carbons (Fsp3) is 0.750. The minimum absolute atomic E-state index is 0.212. The van der Waals surface area contributed by atoms with E-state index in [0.29, 0.717) is 13.2 Å². The van der Waals surface area contributed by atoms with E-state index < -0.39 is 0 Å². The van der Waals surface area contributed by atoms with Gasteiger partial charge in [0.25, 0.3) is 0 Å². The third-order valence-electron chi connectivity index (χ3n) is 1.36. The van der Waals surface area contributed by atoms with E-state index in [4.69, 9.17) is 14.2 Å². The van der Waals surface area contributed by atoms with Gasteiger partial charge in [-0.1, -0.05) is 0 Å². The van der Waals surface area contributed by atoms with E-state index in [1.54, 1.807) is 0 Å². The largest absolute Gasteiger partial charge is 0.349 e. The summed E-state index contributed by atoms with van der Waals surface area (Å²) in [6, 6.07) is 0.